The summed E-state index contributed by atoms with van der Waals surface area (Å²) in [6.07, 6.45) is 1.61. The third-order valence-electron chi connectivity index (χ3n) is 4.28. The van der Waals surface area contributed by atoms with Gasteiger partial charge < -0.3 is 9.64 Å². The molecule has 0 atom stereocenters. The van der Waals surface area contributed by atoms with E-state index < -0.39 is 0 Å². The maximum absolute atomic E-state index is 11.9. The Balaban J connectivity index is 1.50. The van der Waals surface area contributed by atoms with Crippen LogP contribution in [0.2, 0.25) is 0 Å². The Morgan fingerprint density at radius 2 is 1.61 bits per heavy atom. The van der Waals surface area contributed by atoms with E-state index in [0.29, 0.717) is 5.75 Å². The summed E-state index contributed by atoms with van der Waals surface area (Å²) in [4.78, 5) is 14.0. The summed E-state index contributed by atoms with van der Waals surface area (Å²) in [7, 11) is 2.02. The molecule has 0 spiro atoms. The van der Waals surface area contributed by atoms with Crippen LogP contribution in [0.25, 0.3) is 0 Å². The number of carbonyl (C=O) groups is 1. The van der Waals surface area contributed by atoms with E-state index in [9.17, 15) is 4.79 Å². The molecule has 1 N–H and O–H groups in total. The van der Waals surface area contributed by atoms with E-state index in [4.69, 9.17) is 4.74 Å². The molecule has 5 nitrogen and oxygen atoms in total. The number of nitrogens with zero attached hydrogens (tertiary/aromatic N) is 2. The average molecular weight is 373 g/mol. The SMILES string of the molecule is Cc1ccccc1OCC(=O)N/N=C\c1ccc(N(C)c2ccccc2)cc1. The van der Waals surface area contributed by atoms with Gasteiger partial charge in [0.25, 0.3) is 5.91 Å². The normalized spacial score (nSPS) is 10.6. The van der Waals surface area contributed by atoms with Crippen LogP contribution < -0.4 is 15.1 Å². The first-order chi connectivity index (χ1) is 13.6. The van der Waals surface area contributed by atoms with Gasteiger partial charge in [0.05, 0.1) is 6.21 Å². The molecule has 3 aromatic carbocycles. The highest BCUT2D eigenvalue weighted by Crippen LogP contribution is 2.22. The van der Waals surface area contributed by atoms with Gasteiger partial charge in [-0.05, 0) is 48.4 Å². The van der Waals surface area contributed by atoms with Crippen molar-refractivity contribution in [3.63, 3.8) is 0 Å². The molecule has 0 aliphatic heterocycles. The van der Waals surface area contributed by atoms with Crippen LogP contribution in [-0.2, 0) is 4.79 Å². The van der Waals surface area contributed by atoms with E-state index >= 15 is 0 Å². The van der Waals surface area contributed by atoms with Gasteiger partial charge in [0, 0.05) is 18.4 Å². The van der Waals surface area contributed by atoms with Gasteiger partial charge in [-0.3, -0.25) is 4.79 Å². The highest BCUT2D eigenvalue weighted by Gasteiger charge is 2.04. The van der Waals surface area contributed by atoms with E-state index in [0.717, 1.165) is 22.5 Å². The summed E-state index contributed by atoms with van der Waals surface area (Å²) in [6.45, 7) is 1.85. The maximum Gasteiger partial charge on any atom is 0.277 e. The largest absolute Gasteiger partial charge is 0.483 e. The lowest BCUT2D eigenvalue weighted by atomic mass is 10.2. The van der Waals surface area contributed by atoms with Crippen molar-refractivity contribution < 1.29 is 9.53 Å². The van der Waals surface area contributed by atoms with E-state index in [1.807, 2.05) is 80.7 Å². The van der Waals surface area contributed by atoms with Crippen molar-refractivity contribution >= 4 is 23.5 Å². The third kappa shape index (κ3) is 5.20. The summed E-state index contributed by atoms with van der Waals surface area (Å²) in [5, 5.41) is 3.99. The topological polar surface area (TPSA) is 53.9 Å². The minimum absolute atomic E-state index is 0.0804. The molecule has 0 unspecified atom stereocenters. The second kappa shape index (κ2) is 9.37. The molecule has 0 saturated carbocycles. The fraction of sp³-hybridized carbons (Fsp3) is 0.130. The lowest BCUT2D eigenvalue weighted by Gasteiger charge is -2.19. The van der Waals surface area contributed by atoms with Crippen molar-refractivity contribution in [2.24, 2.45) is 5.10 Å². The summed E-state index contributed by atoms with van der Waals surface area (Å²) < 4.78 is 5.49. The molecule has 0 fully saturated rings. The molecule has 5 heteroatoms. The van der Waals surface area contributed by atoms with Crippen molar-refractivity contribution in [1.29, 1.82) is 0 Å². The Hall–Kier alpha value is -3.60. The number of para-hydroxylation sites is 2. The standard InChI is InChI=1S/C23H23N3O2/c1-18-8-6-7-11-22(18)28-17-23(27)25-24-16-19-12-14-21(15-13-19)26(2)20-9-4-3-5-10-20/h3-16H,17H2,1-2H3,(H,25,27)/b24-16-. The molecule has 3 rings (SSSR count). The van der Waals surface area contributed by atoms with Gasteiger partial charge in [-0.2, -0.15) is 5.10 Å². The monoisotopic (exact) mass is 373 g/mol. The van der Waals surface area contributed by atoms with Gasteiger partial charge >= 0.3 is 0 Å². The highest BCUT2D eigenvalue weighted by molar-refractivity contribution is 5.83. The molecule has 142 valence electrons. The number of hydrogen-bond donors (Lipinski definition) is 1. The van der Waals surface area contributed by atoms with Crippen molar-refractivity contribution in [1.82, 2.24) is 5.43 Å². The summed E-state index contributed by atoms with van der Waals surface area (Å²) >= 11 is 0. The number of nitrogens with one attached hydrogen (secondary N) is 1. The van der Waals surface area contributed by atoms with Gasteiger partial charge in [-0.1, -0.05) is 48.5 Å². The molecule has 0 aliphatic carbocycles. The van der Waals surface area contributed by atoms with Gasteiger partial charge in [-0.25, -0.2) is 5.43 Å². The average Bonchev–Trinajstić information content (AvgIpc) is 2.74. The molecule has 28 heavy (non-hydrogen) atoms. The molecule has 0 bridgehead atoms. The Labute approximate surface area is 165 Å². The Morgan fingerprint density at radius 3 is 2.32 bits per heavy atom. The lowest BCUT2D eigenvalue weighted by molar-refractivity contribution is -0.123. The predicted molar refractivity (Wildman–Crippen MR) is 113 cm³/mol. The van der Waals surface area contributed by atoms with Crippen LogP contribution in [0.3, 0.4) is 0 Å². The summed E-state index contributed by atoms with van der Waals surface area (Å²) in [5.74, 6) is 0.389. The minimum Gasteiger partial charge on any atom is -0.483 e. The van der Waals surface area contributed by atoms with E-state index in [1.54, 1.807) is 6.21 Å². The Morgan fingerprint density at radius 1 is 0.964 bits per heavy atom. The molecule has 1 amide bonds. The molecular formula is C23H23N3O2. The van der Waals surface area contributed by atoms with E-state index in [-0.39, 0.29) is 12.5 Å². The highest BCUT2D eigenvalue weighted by atomic mass is 16.5. The first kappa shape index (κ1) is 19.2. The molecule has 0 aromatic heterocycles. The zero-order valence-corrected chi connectivity index (χ0v) is 16.0. The van der Waals surface area contributed by atoms with Crippen LogP contribution in [0, 0.1) is 6.92 Å². The smallest absolute Gasteiger partial charge is 0.277 e. The number of rotatable bonds is 7. The first-order valence-electron chi connectivity index (χ1n) is 9.02. The number of hydrazone groups is 1. The second-order valence-electron chi connectivity index (χ2n) is 6.33. The zero-order chi connectivity index (χ0) is 19.8. The quantitative estimate of drug-likeness (QED) is 0.496. The van der Waals surface area contributed by atoms with Crippen molar-refractivity contribution in [2.75, 3.05) is 18.6 Å². The number of ether oxygens (including phenoxy) is 1. The minimum atomic E-state index is -0.306. The van der Waals surface area contributed by atoms with Crippen molar-refractivity contribution in [3.05, 3.63) is 90.0 Å². The van der Waals surface area contributed by atoms with Crippen LogP contribution in [-0.4, -0.2) is 25.8 Å². The Bertz CT molecular complexity index is 938. The van der Waals surface area contributed by atoms with Gasteiger partial charge in [0.1, 0.15) is 5.75 Å². The fourth-order valence-corrected chi connectivity index (χ4v) is 2.66. The molecule has 3 aromatic rings. The number of aryl methyl sites for hydroxylation is 1. The van der Waals surface area contributed by atoms with Crippen LogP contribution in [0.15, 0.2) is 84.0 Å². The van der Waals surface area contributed by atoms with Crippen LogP contribution in [0.5, 0.6) is 5.75 Å². The molecule has 0 aliphatic rings. The summed E-state index contributed by atoms with van der Waals surface area (Å²) in [5.41, 5.74) is 6.54. The zero-order valence-electron chi connectivity index (χ0n) is 16.0. The van der Waals surface area contributed by atoms with Gasteiger partial charge in [0.2, 0.25) is 0 Å². The lowest BCUT2D eigenvalue weighted by Crippen LogP contribution is -2.24. The van der Waals surface area contributed by atoms with Crippen LogP contribution in [0.4, 0.5) is 11.4 Å². The van der Waals surface area contributed by atoms with E-state index in [2.05, 4.69) is 27.6 Å². The number of carbonyl (C=O) groups excluding carboxylic acids is 1. The predicted octanol–water partition coefficient (Wildman–Crippen LogP) is 4.29. The molecule has 0 heterocycles. The Kier molecular flexibility index (Phi) is 6.41. The maximum atomic E-state index is 11.9. The molecular weight excluding hydrogens is 350 g/mol. The number of amides is 1. The molecule has 0 saturated heterocycles. The number of anilines is 2. The summed E-state index contributed by atoms with van der Waals surface area (Å²) in [6, 6.07) is 25.6. The fourth-order valence-electron chi connectivity index (χ4n) is 2.66. The van der Waals surface area contributed by atoms with E-state index in [1.165, 1.54) is 0 Å². The first-order valence-corrected chi connectivity index (χ1v) is 9.02. The number of benzene rings is 3. The van der Waals surface area contributed by atoms with Gasteiger partial charge in [-0.15, -0.1) is 0 Å². The second-order valence-corrected chi connectivity index (χ2v) is 6.33. The molecule has 0 radical (unpaired) electrons. The van der Waals surface area contributed by atoms with Crippen molar-refractivity contribution in [3.8, 4) is 5.75 Å². The van der Waals surface area contributed by atoms with Crippen LogP contribution >= 0.6 is 0 Å². The van der Waals surface area contributed by atoms with Crippen LogP contribution in [0.1, 0.15) is 11.1 Å². The number of hydrogen-bond acceptors (Lipinski definition) is 4. The third-order valence-corrected chi connectivity index (χ3v) is 4.28. The van der Waals surface area contributed by atoms with Gasteiger partial charge in [0.15, 0.2) is 6.61 Å². The van der Waals surface area contributed by atoms with Crippen molar-refractivity contribution in [2.45, 2.75) is 6.92 Å².